The predicted molar refractivity (Wildman–Crippen MR) is 232 cm³/mol. The number of nitrogens with zero attached hydrogens (tertiary/aromatic N) is 2. The zero-order valence-corrected chi connectivity index (χ0v) is 36.2. The number of hydrogen-bond acceptors (Lipinski definition) is 2. The molecule has 8 aliphatic carbocycles. The number of rotatable bonds is 10. The average molecular weight is 743 g/mol. The molecule has 308 valence electrons. The van der Waals surface area contributed by atoms with Crippen LogP contribution in [-0.4, -0.2) is 46.1 Å². The lowest BCUT2D eigenvalue weighted by Gasteiger charge is -2.50. The Morgan fingerprint density at radius 1 is 0.259 bits per heavy atom. The molecule has 0 N–H and O–H groups in total. The monoisotopic (exact) mass is 743 g/mol. The number of hydrogen-bond donors (Lipinski definition) is 0. The molecule has 8 aliphatic rings. The van der Waals surface area contributed by atoms with E-state index in [0.29, 0.717) is 0 Å². The van der Waals surface area contributed by atoms with Crippen LogP contribution in [0.2, 0.25) is 0 Å². The van der Waals surface area contributed by atoms with Crippen molar-refractivity contribution in [1.82, 2.24) is 9.80 Å². The van der Waals surface area contributed by atoms with Gasteiger partial charge < -0.3 is 0 Å². The van der Waals surface area contributed by atoms with Gasteiger partial charge in [-0.25, -0.2) is 0 Å². The standard InChI is InChI=1S/C52H90N2/c1-39-13-31-49(32-14-39)54(50-33-15-40(2)16-34-50)52-37-29-46(30-38-52)45-27-25-44(26-28-45)43-23-19-41(20-24-43)17-18-42-21-35-51(36-22-42)53(47-9-5-3-6-10-47)48-11-7-4-8-12-48/h17-18,39-52H,3-16,19-38H2,1-2H3/b18-17+. The van der Waals surface area contributed by atoms with Crippen molar-refractivity contribution in [2.75, 3.05) is 0 Å². The topological polar surface area (TPSA) is 6.48 Å². The van der Waals surface area contributed by atoms with Crippen molar-refractivity contribution in [1.29, 1.82) is 0 Å². The van der Waals surface area contributed by atoms with Crippen LogP contribution >= 0.6 is 0 Å². The van der Waals surface area contributed by atoms with Gasteiger partial charge in [0.15, 0.2) is 0 Å². The first-order chi connectivity index (χ1) is 26.6. The van der Waals surface area contributed by atoms with Gasteiger partial charge >= 0.3 is 0 Å². The van der Waals surface area contributed by atoms with Gasteiger partial charge in [0.25, 0.3) is 0 Å². The summed E-state index contributed by atoms with van der Waals surface area (Å²) in [5.41, 5.74) is 0. The van der Waals surface area contributed by atoms with E-state index in [9.17, 15) is 0 Å². The molecule has 0 spiro atoms. The van der Waals surface area contributed by atoms with Gasteiger partial charge in [-0.05, 0) is 227 Å². The summed E-state index contributed by atoms with van der Waals surface area (Å²) >= 11 is 0. The van der Waals surface area contributed by atoms with Gasteiger partial charge in [-0.15, -0.1) is 0 Å². The third-order valence-electron chi connectivity index (χ3n) is 18.8. The summed E-state index contributed by atoms with van der Waals surface area (Å²) in [6.07, 6.45) is 56.8. The molecular formula is C52H90N2. The highest BCUT2D eigenvalue weighted by atomic mass is 15.2. The molecular weight excluding hydrogens is 653 g/mol. The SMILES string of the molecule is CC1CCC(N(C2CCC(C)CC2)C2CCC(C3CCC(C4CCC(/C=C/C5CCC(N(C6CCCCC6)C6CCCCC6)CC5)CC4)CC3)CC2)CC1. The van der Waals surface area contributed by atoms with Gasteiger partial charge in [0.1, 0.15) is 0 Å². The third kappa shape index (κ3) is 10.4. The molecule has 0 atom stereocenters. The summed E-state index contributed by atoms with van der Waals surface area (Å²) in [4.78, 5) is 6.38. The Hall–Kier alpha value is -0.340. The van der Waals surface area contributed by atoms with Crippen molar-refractivity contribution < 1.29 is 0 Å². The number of allylic oxidation sites excluding steroid dienone is 2. The summed E-state index contributed by atoms with van der Waals surface area (Å²) in [7, 11) is 0. The van der Waals surface area contributed by atoms with E-state index in [1.165, 1.54) is 180 Å². The van der Waals surface area contributed by atoms with E-state index in [2.05, 4.69) is 35.8 Å². The Morgan fingerprint density at radius 2 is 0.500 bits per heavy atom. The summed E-state index contributed by atoms with van der Waals surface area (Å²) < 4.78 is 0. The quantitative estimate of drug-likeness (QED) is 0.206. The van der Waals surface area contributed by atoms with E-state index in [4.69, 9.17) is 0 Å². The normalized spacial score (nSPS) is 42.8. The molecule has 8 saturated carbocycles. The fourth-order valence-electron chi connectivity index (χ4n) is 15.3. The van der Waals surface area contributed by atoms with Crippen molar-refractivity contribution in [3.8, 4) is 0 Å². The maximum absolute atomic E-state index is 3.21. The first-order valence-electron chi connectivity index (χ1n) is 25.8. The van der Waals surface area contributed by atoms with Crippen LogP contribution in [0.4, 0.5) is 0 Å². The lowest BCUT2D eigenvalue weighted by molar-refractivity contribution is -0.00138. The predicted octanol–water partition coefficient (Wildman–Crippen LogP) is 14.7. The first-order valence-corrected chi connectivity index (χ1v) is 25.8. The van der Waals surface area contributed by atoms with Gasteiger partial charge in [0.05, 0.1) is 0 Å². The van der Waals surface area contributed by atoms with Crippen LogP contribution < -0.4 is 0 Å². The zero-order chi connectivity index (χ0) is 36.7. The summed E-state index contributed by atoms with van der Waals surface area (Å²) in [6.45, 7) is 5.03. The Labute approximate surface area is 336 Å². The Bertz CT molecular complexity index is 1030. The van der Waals surface area contributed by atoms with Gasteiger partial charge in [0, 0.05) is 36.3 Å². The van der Waals surface area contributed by atoms with E-state index in [-0.39, 0.29) is 0 Å². The summed E-state index contributed by atoms with van der Waals surface area (Å²) in [6, 6.07) is 5.48. The molecule has 0 amide bonds. The van der Waals surface area contributed by atoms with Crippen molar-refractivity contribution >= 4 is 0 Å². The maximum atomic E-state index is 3.21. The van der Waals surface area contributed by atoms with Crippen molar-refractivity contribution in [2.45, 2.75) is 268 Å². The fraction of sp³-hybridized carbons (Fsp3) is 0.962. The van der Waals surface area contributed by atoms with Crippen LogP contribution in [0.3, 0.4) is 0 Å². The van der Waals surface area contributed by atoms with Crippen molar-refractivity contribution in [3.05, 3.63) is 12.2 Å². The van der Waals surface area contributed by atoms with E-state index in [1.54, 1.807) is 38.5 Å². The average Bonchev–Trinajstić information content (AvgIpc) is 3.23. The molecule has 2 heteroatoms. The smallest absolute Gasteiger partial charge is 0.0102 e. The summed E-state index contributed by atoms with van der Waals surface area (Å²) in [5, 5.41) is 0. The molecule has 0 saturated heterocycles. The van der Waals surface area contributed by atoms with Crippen LogP contribution in [0.25, 0.3) is 0 Å². The second kappa shape index (κ2) is 20.1. The van der Waals surface area contributed by atoms with Crippen molar-refractivity contribution in [2.24, 2.45) is 47.3 Å². The molecule has 0 aliphatic heterocycles. The second-order valence-corrected chi connectivity index (χ2v) is 22.2. The lowest BCUT2D eigenvalue weighted by Crippen LogP contribution is -2.52. The largest absolute Gasteiger partial charge is 0.294 e. The molecule has 0 bridgehead atoms. The van der Waals surface area contributed by atoms with Gasteiger partial charge in [-0.1, -0.05) is 64.5 Å². The molecule has 8 fully saturated rings. The van der Waals surface area contributed by atoms with E-state index in [1.807, 2.05) is 0 Å². The van der Waals surface area contributed by atoms with Crippen LogP contribution in [-0.2, 0) is 0 Å². The van der Waals surface area contributed by atoms with Crippen LogP contribution in [0.5, 0.6) is 0 Å². The van der Waals surface area contributed by atoms with E-state index >= 15 is 0 Å². The molecule has 54 heavy (non-hydrogen) atoms. The van der Waals surface area contributed by atoms with Crippen LogP contribution in [0, 0.1) is 47.3 Å². The van der Waals surface area contributed by atoms with Gasteiger partial charge in [-0.2, -0.15) is 0 Å². The third-order valence-corrected chi connectivity index (χ3v) is 18.8. The molecule has 0 aromatic rings. The molecule has 2 nitrogen and oxygen atoms in total. The molecule has 8 rings (SSSR count). The Balaban J connectivity index is 0.740. The highest BCUT2D eigenvalue weighted by molar-refractivity contribution is 5.00. The molecule has 0 aromatic carbocycles. The molecule has 0 unspecified atom stereocenters. The molecule has 0 aromatic heterocycles. The minimum Gasteiger partial charge on any atom is -0.294 e. The van der Waals surface area contributed by atoms with E-state index < -0.39 is 0 Å². The van der Waals surface area contributed by atoms with Gasteiger partial charge in [0.2, 0.25) is 0 Å². The molecule has 0 heterocycles. The highest BCUT2D eigenvalue weighted by Crippen LogP contribution is 2.47. The summed E-state index contributed by atoms with van der Waals surface area (Å²) in [5.74, 6) is 7.94. The Kier molecular flexibility index (Phi) is 15.0. The minimum absolute atomic E-state index is 0.874. The molecule has 0 radical (unpaired) electrons. The minimum atomic E-state index is 0.874. The maximum Gasteiger partial charge on any atom is 0.0102 e. The fourth-order valence-corrected chi connectivity index (χ4v) is 15.3. The zero-order valence-electron chi connectivity index (χ0n) is 36.2. The van der Waals surface area contributed by atoms with Crippen LogP contribution in [0.1, 0.15) is 232 Å². The highest BCUT2D eigenvalue weighted by Gasteiger charge is 2.40. The van der Waals surface area contributed by atoms with Gasteiger partial charge in [-0.3, -0.25) is 9.80 Å². The Morgan fingerprint density at radius 3 is 0.852 bits per heavy atom. The van der Waals surface area contributed by atoms with Crippen LogP contribution in [0.15, 0.2) is 12.2 Å². The lowest BCUT2D eigenvalue weighted by atomic mass is 9.65. The van der Waals surface area contributed by atoms with Crippen molar-refractivity contribution in [3.63, 3.8) is 0 Å². The van der Waals surface area contributed by atoms with E-state index in [0.717, 1.165) is 83.6 Å². The second-order valence-electron chi connectivity index (χ2n) is 22.2. The first kappa shape index (κ1) is 40.4.